The van der Waals surface area contributed by atoms with Gasteiger partial charge in [0.2, 0.25) is 11.7 Å². The molecule has 1 aliphatic rings. The number of hydrogen-bond donors (Lipinski definition) is 1. The monoisotopic (exact) mass is 511 g/mol. The van der Waals surface area contributed by atoms with Gasteiger partial charge in [-0.2, -0.15) is 13.2 Å². The average molecular weight is 511 g/mol. The lowest BCUT2D eigenvalue weighted by Gasteiger charge is -2.30. The molecule has 6 nitrogen and oxygen atoms in total. The van der Waals surface area contributed by atoms with Crippen molar-refractivity contribution in [3.8, 4) is 0 Å². The third kappa shape index (κ3) is 5.69. The van der Waals surface area contributed by atoms with Gasteiger partial charge in [0, 0.05) is 37.7 Å². The molecule has 3 aromatic rings. The van der Waals surface area contributed by atoms with Crippen LogP contribution in [-0.2, 0) is 30.5 Å². The van der Waals surface area contributed by atoms with Gasteiger partial charge < -0.3 is 14.8 Å². The molecule has 36 heavy (non-hydrogen) atoms. The lowest BCUT2D eigenvalue weighted by molar-refractivity contribution is -0.148. The highest BCUT2D eigenvalue weighted by Crippen LogP contribution is 2.29. The van der Waals surface area contributed by atoms with Crippen LogP contribution in [0, 0.1) is 17.5 Å². The fraction of sp³-hybridized carbons (Fsp3) is 0.375. The van der Waals surface area contributed by atoms with Gasteiger partial charge in [0.05, 0.1) is 6.54 Å². The Hall–Kier alpha value is -3.41. The summed E-state index contributed by atoms with van der Waals surface area (Å²) in [6, 6.07) is 9.51. The third-order valence-corrected chi connectivity index (χ3v) is 6.12. The molecule has 2 aromatic carbocycles. The van der Waals surface area contributed by atoms with Crippen molar-refractivity contribution in [3.05, 3.63) is 82.7 Å². The highest BCUT2D eigenvalue weighted by molar-refractivity contribution is 5.77. The standard InChI is InChI=1S/C24H23F6N5O/c1-14(15-5-3-2-4-6-15)31-17(9-16-10-19(26)20(27)12-18(16)25)11-22(36)34-7-8-35-21(13-34)32-33-23(35)24(28,29)30/h2-6,10,12,14,17,31H,7-9,11,13H2,1H3. The summed E-state index contributed by atoms with van der Waals surface area (Å²) in [4.78, 5) is 14.5. The van der Waals surface area contributed by atoms with E-state index in [1.54, 1.807) is 0 Å². The van der Waals surface area contributed by atoms with Crippen molar-refractivity contribution < 1.29 is 31.1 Å². The zero-order valence-electron chi connectivity index (χ0n) is 19.2. The van der Waals surface area contributed by atoms with Crippen molar-refractivity contribution in [1.82, 2.24) is 25.0 Å². The number of nitrogens with one attached hydrogen (secondary N) is 1. The third-order valence-electron chi connectivity index (χ3n) is 6.12. The summed E-state index contributed by atoms with van der Waals surface area (Å²) in [5.74, 6) is -4.97. The van der Waals surface area contributed by atoms with E-state index in [2.05, 4.69) is 15.5 Å². The number of carbonyl (C=O) groups is 1. The highest BCUT2D eigenvalue weighted by Gasteiger charge is 2.40. The maximum atomic E-state index is 14.4. The van der Waals surface area contributed by atoms with Crippen LogP contribution in [0.15, 0.2) is 42.5 Å². The van der Waals surface area contributed by atoms with Gasteiger partial charge in [0.1, 0.15) is 5.82 Å². The Morgan fingerprint density at radius 1 is 1.03 bits per heavy atom. The molecule has 1 aromatic heterocycles. The van der Waals surface area contributed by atoms with Crippen LogP contribution in [0.25, 0.3) is 0 Å². The fourth-order valence-electron chi connectivity index (χ4n) is 4.29. The van der Waals surface area contributed by atoms with Gasteiger partial charge >= 0.3 is 6.18 Å². The quantitative estimate of drug-likeness (QED) is 0.377. The van der Waals surface area contributed by atoms with Crippen molar-refractivity contribution in [1.29, 1.82) is 0 Å². The minimum Gasteiger partial charge on any atom is -0.333 e. The number of hydrogen-bond acceptors (Lipinski definition) is 4. The van der Waals surface area contributed by atoms with Crippen LogP contribution in [0.4, 0.5) is 26.3 Å². The minimum absolute atomic E-state index is 0.00739. The maximum absolute atomic E-state index is 14.4. The molecule has 4 rings (SSSR count). The Balaban J connectivity index is 1.52. The Morgan fingerprint density at radius 2 is 1.72 bits per heavy atom. The summed E-state index contributed by atoms with van der Waals surface area (Å²) < 4.78 is 81.8. The molecule has 1 N–H and O–H groups in total. The van der Waals surface area contributed by atoms with E-state index in [1.165, 1.54) is 4.90 Å². The lowest BCUT2D eigenvalue weighted by Crippen LogP contribution is -2.43. The predicted octanol–water partition coefficient (Wildman–Crippen LogP) is 4.41. The minimum atomic E-state index is -4.66. The number of fused-ring (bicyclic) bond motifs is 1. The molecular formula is C24H23F6N5O. The van der Waals surface area contributed by atoms with E-state index in [-0.39, 0.29) is 49.9 Å². The molecule has 1 aliphatic heterocycles. The van der Waals surface area contributed by atoms with Crippen LogP contribution >= 0.6 is 0 Å². The van der Waals surface area contributed by atoms with Crippen LogP contribution < -0.4 is 5.32 Å². The van der Waals surface area contributed by atoms with Gasteiger partial charge in [-0.1, -0.05) is 30.3 Å². The second-order valence-electron chi connectivity index (χ2n) is 8.67. The highest BCUT2D eigenvalue weighted by atomic mass is 19.4. The van der Waals surface area contributed by atoms with Gasteiger partial charge in [0.15, 0.2) is 17.5 Å². The first-order valence-electron chi connectivity index (χ1n) is 11.2. The molecule has 0 bridgehead atoms. The molecule has 2 heterocycles. The Labute approximate surface area is 202 Å². The van der Waals surface area contributed by atoms with Crippen LogP contribution in [0.1, 0.15) is 42.2 Å². The molecule has 2 atom stereocenters. The molecule has 2 unspecified atom stereocenters. The summed E-state index contributed by atoms with van der Waals surface area (Å²) >= 11 is 0. The van der Waals surface area contributed by atoms with Gasteiger partial charge in [-0.15, -0.1) is 10.2 Å². The predicted molar refractivity (Wildman–Crippen MR) is 117 cm³/mol. The van der Waals surface area contributed by atoms with E-state index in [0.717, 1.165) is 16.2 Å². The molecule has 0 saturated carbocycles. The van der Waals surface area contributed by atoms with E-state index >= 15 is 0 Å². The van der Waals surface area contributed by atoms with E-state index < -0.39 is 41.4 Å². The van der Waals surface area contributed by atoms with Gasteiger partial charge in [-0.25, -0.2) is 13.2 Å². The van der Waals surface area contributed by atoms with Gasteiger partial charge in [-0.3, -0.25) is 4.79 Å². The second kappa shape index (κ2) is 10.3. The molecule has 0 spiro atoms. The first-order chi connectivity index (χ1) is 17.0. The topological polar surface area (TPSA) is 63.1 Å². The number of benzene rings is 2. The van der Waals surface area contributed by atoms with Crippen molar-refractivity contribution >= 4 is 5.91 Å². The Bertz CT molecular complexity index is 1230. The fourth-order valence-corrected chi connectivity index (χ4v) is 4.29. The van der Waals surface area contributed by atoms with E-state index in [1.807, 2.05) is 37.3 Å². The van der Waals surface area contributed by atoms with E-state index in [9.17, 15) is 31.1 Å². The second-order valence-corrected chi connectivity index (χ2v) is 8.67. The smallest absolute Gasteiger partial charge is 0.333 e. The van der Waals surface area contributed by atoms with Crippen molar-refractivity contribution in [2.24, 2.45) is 0 Å². The van der Waals surface area contributed by atoms with Crippen molar-refractivity contribution in [2.45, 2.75) is 51.1 Å². The summed E-state index contributed by atoms with van der Waals surface area (Å²) in [5.41, 5.74) is 0.791. The van der Waals surface area contributed by atoms with Crippen molar-refractivity contribution in [3.63, 3.8) is 0 Å². The number of aromatic nitrogens is 3. The van der Waals surface area contributed by atoms with E-state index in [0.29, 0.717) is 6.07 Å². The molecule has 0 aliphatic carbocycles. The van der Waals surface area contributed by atoms with Crippen molar-refractivity contribution in [2.75, 3.05) is 6.54 Å². The molecule has 0 radical (unpaired) electrons. The Kier molecular flexibility index (Phi) is 7.34. The molecule has 0 fully saturated rings. The van der Waals surface area contributed by atoms with Crippen LogP contribution in [0.3, 0.4) is 0 Å². The van der Waals surface area contributed by atoms with E-state index in [4.69, 9.17) is 0 Å². The number of alkyl halides is 3. The Morgan fingerprint density at radius 3 is 2.42 bits per heavy atom. The summed E-state index contributed by atoms with van der Waals surface area (Å²) in [6.07, 6.45) is -4.93. The summed E-state index contributed by atoms with van der Waals surface area (Å²) in [5, 5.41) is 10.0. The van der Waals surface area contributed by atoms with Gasteiger partial charge in [-0.05, 0) is 30.5 Å². The maximum Gasteiger partial charge on any atom is 0.451 e. The number of rotatable bonds is 7. The molecule has 192 valence electrons. The number of amides is 1. The van der Waals surface area contributed by atoms with Crippen LogP contribution in [0.2, 0.25) is 0 Å². The first kappa shape index (κ1) is 25.7. The van der Waals surface area contributed by atoms with Gasteiger partial charge in [0.25, 0.3) is 0 Å². The summed E-state index contributed by atoms with van der Waals surface area (Å²) in [6.45, 7) is 1.56. The zero-order valence-corrected chi connectivity index (χ0v) is 19.2. The SMILES string of the molecule is CC(NC(CC(=O)N1CCn2c(nnc2C(F)(F)F)C1)Cc1cc(F)c(F)cc1F)c1ccccc1. The van der Waals surface area contributed by atoms with Crippen LogP contribution in [-0.4, -0.2) is 38.2 Å². The average Bonchev–Trinajstić information content (AvgIpc) is 3.27. The molecule has 0 saturated heterocycles. The number of carbonyl (C=O) groups excluding carboxylic acids is 1. The molecular weight excluding hydrogens is 488 g/mol. The summed E-state index contributed by atoms with van der Waals surface area (Å²) in [7, 11) is 0. The molecule has 1 amide bonds. The normalized spacial score (nSPS) is 15.5. The zero-order chi connectivity index (χ0) is 26.0. The largest absolute Gasteiger partial charge is 0.451 e. The molecule has 12 heteroatoms. The lowest BCUT2D eigenvalue weighted by atomic mass is 9.99. The van der Waals surface area contributed by atoms with Crippen LogP contribution in [0.5, 0.6) is 0 Å². The first-order valence-corrected chi connectivity index (χ1v) is 11.2. The number of nitrogens with zero attached hydrogens (tertiary/aromatic N) is 4. The number of halogens is 6.